The molecule has 2 aromatic rings. The van der Waals surface area contributed by atoms with Crippen LogP contribution in [0.2, 0.25) is 0 Å². The van der Waals surface area contributed by atoms with Crippen LogP contribution in [-0.4, -0.2) is 27.6 Å². The van der Waals surface area contributed by atoms with Crippen molar-refractivity contribution < 1.29 is 19.2 Å². The standard InChI is InChI=1S/C23H23N5O5/c1-12-22(28(30)31)13(2)27(26-12)11-15-9-14(7-8-18(15)32-3)20-16(10-24)23(25)33-19-6-4-5-17(29)21(19)20/h7-9,20H,4-6,11,25H2,1-3H3/t20-/m1/s1. The average Bonchev–Trinajstić information content (AvgIpc) is 3.05. The monoisotopic (exact) mass is 449 g/mol. The Morgan fingerprint density at radius 1 is 1.39 bits per heavy atom. The van der Waals surface area contributed by atoms with Crippen molar-refractivity contribution in [3.63, 3.8) is 0 Å². The van der Waals surface area contributed by atoms with Crippen LogP contribution >= 0.6 is 0 Å². The molecule has 0 spiro atoms. The van der Waals surface area contributed by atoms with E-state index >= 15 is 0 Å². The second-order valence-electron chi connectivity index (χ2n) is 8.04. The number of nitriles is 1. The highest BCUT2D eigenvalue weighted by Gasteiger charge is 2.38. The van der Waals surface area contributed by atoms with E-state index in [1.165, 1.54) is 7.11 Å². The van der Waals surface area contributed by atoms with Gasteiger partial charge in [-0.3, -0.25) is 19.6 Å². The molecule has 0 saturated heterocycles. The minimum absolute atomic E-state index is 0.00230. The molecule has 0 unspecified atom stereocenters. The van der Waals surface area contributed by atoms with Gasteiger partial charge in [-0.15, -0.1) is 0 Å². The van der Waals surface area contributed by atoms with E-state index in [-0.39, 0.29) is 29.5 Å². The van der Waals surface area contributed by atoms with Gasteiger partial charge in [-0.2, -0.15) is 10.4 Å². The van der Waals surface area contributed by atoms with Crippen molar-refractivity contribution in [3.05, 3.63) is 73.6 Å². The second-order valence-corrected chi connectivity index (χ2v) is 8.04. The van der Waals surface area contributed by atoms with Crippen LogP contribution in [0.4, 0.5) is 5.69 Å². The van der Waals surface area contributed by atoms with Crippen molar-refractivity contribution in [3.8, 4) is 11.8 Å². The number of allylic oxidation sites excluding steroid dienone is 3. The summed E-state index contributed by atoms with van der Waals surface area (Å²) in [6, 6.07) is 7.47. The van der Waals surface area contributed by atoms with Gasteiger partial charge in [0.15, 0.2) is 5.78 Å². The molecule has 2 heterocycles. The lowest BCUT2D eigenvalue weighted by Crippen LogP contribution is -2.27. The quantitative estimate of drug-likeness (QED) is 0.540. The van der Waals surface area contributed by atoms with Crippen molar-refractivity contribution >= 4 is 11.5 Å². The van der Waals surface area contributed by atoms with Gasteiger partial charge in [0.25, 0.3) is 0 Å². The Morgan fingerprint density at radius 2 is 2.15 bits per heavy atom. The van der Waals surface area contributed by atoms with Gasteiger partial charge in [0, 0.05) is 24.0 Å². The highest BCUT2D eigenvalue weighted by Crippen LogP contribution is 2.44. The summed E-state index contributed by atoms with van der Waals surface area (Å²) < 4.78 is 12.7. The first-order chi connectivity index (χ1) is 15.8. The number of hydrogen-bond acceptors (Lipinski definition) is 8. The molecule has 2 aliphatic rings. The Bertz CT molecular complexity index is 1280. The SMILES string of the molecule is COc1ccc([C@@H]2C(C#N)=C(N)OC3=C2C(=O)CCC3)cc1Cn1nc(C)c([N+](=O)[O-])c1C. The Balaban J connectivity index is 1.82. The summed E-state index contributed by atoms with van der Waals surface area (Å²) in [4.78, 5) is 23.8. The molecule has 1 aromatic carbocycles. The summed E-state index contributed by atoms with van der Waals surface area (Å²) in [6.07, 6.45) is 1.63. The van der Waals surface area contributed by atoms with Gasteiger partial charge >= 0.3 is 5.69 Å². The fourth-order valence-corrected chi connectivity index (χ4v) is 4.56. The maximum atomic E-state index is 12.8. The Morgan fingerprint density at radius 3 is 2.79 bits per heavy atom. The van der Waals surface area contributed by atoms with Crippen LogP contribution in [0, 0.1) is 35.3 Å². The summed E-state index contributed by atoms with van der Waals surface area (Å²) in [6.45, 7) is 3.44. The summed E-state index contributed by atoms with van der Waals surface area (Å²) >= 11 is 0. The smallest absolute Gasteiger partial charge is 0.312 e. The van der Waals surface area contributed by atoms with Crippen molar-refractivity contribution in [2.45, 2.75) is 45.6 Å². The number of aromatic nitrogens is 2. The third-order valence-corrected chi connectivity index (χ3v) is 6.09. The number of aryl methyl sites for hydroxylation is 1. The number of nitrogens with two attached hydrogens (primary N) is 1. The molecule has 1 aliphatic carbocycles. The Kier molecular flexibility index (Phi) is 5.64. The summed E-state index contributed by atoms with van der Waals surface area (Å²) in [5.41, 5.74) is 8.79. The van der Waals surface area contributed by atoms with Crippen LogP contribution in [0.3, 0.4) is 0 Å². The lowest BCUT2D eigenvalue weighted by Gasteiger charge is -2.31. The van der Waals surface area contributed by atoms with E-state index in [9.17, 15) is 20.2 Å². The van der Waals surface area contributed by atoms with E-state index in [0.29, 0.717) is 58.9 Å². The maximum Gasteiger partial charge on any atom is 0.312 e. The van der Waals surface area contributed by atoms with Gasteiger partial charge < -0.3 is 15.2 Å². The molecular weight excluding hydrogens is 426 g/mol. The number of nitro groups is 1. The number of ketones is 1. The molecule has 170 valence electrons. The summed E-state index contributed by atoms with van der Waals surface area (Å²) in [5.74, 6) is 0.362. The zero-order chi connectivity index (χ0) is 23.9. The normalized spacial score (nSPS) is 18.0. The Hall–Kier alpha value is -4.13. The van der Waals surface area contributed by atoms with Crippen molar-refractivity contribution in [1.82, 2.24) is 9.78 Å². The molecule has 10 nitrogen and oxygen atoms in total. The van der Waals surface area contributed by atoms with E-state index in [1.54, 1.807) is 30.7 Å². The molecule has 0 amide bonds. The molecule has 0 bridgehead atoms. The van der Waals surface area contributed by atoms with Gasteiger partial charge in [0.2, 0.25) is 5.88 Å². The summed E-state index contributed by atoms with van der Waals surface area (Å²) in [5, 5.41) is 25.5. The predicted octanol–water partition coefficient (Wildman–Crippen LogP) is 3.28. The number of rotatable bonds is 5. The first kappa shape index (κ1) is 22.1. The van der Waals surface area contributed by atoms with E-state index in [0.717, 1.165) is 0 Å². The van der Waals surface area contributed by atoms with Crippen LogP contribution in [0.5, 0.6) is 5.75 Å². The molecule has 0 radical (unpaired) electrons. The third-order valence-electron chi connectivity index (χ3n) is 6.09. The van der Waals surface area contributed by atoms with Crippen LogP contribution in [0.25, 0.3) is 0 Å². The lowest BCUT2D eigenvalue weighted by atomic mass is 9.77. The molecule has 1 aliphatic heterocycles. The number of nitrogens with zero attached hydrogens (tertiary/aromatic N) is 4. The minimum Gasteiger partial charge on any atom is -0.496 e. The molecular formula is C23H23N5O5. The topological polar surface area (TPSA) is 146 Å². The zero-order valence-corrected chi connectivity index (χ0v) is 18.5. The molecule has 2 N–H and O–H groups in total. The fourth-order valence-electron chi connectivity index (χ4n) is 4.56. The largest absolute Gasteiger partial charge is 0.496 e. The van der Waals surface area contributed by atoms with Crippen LogP contribution in [0.15, 0.2) is 41.0 Å². The van der Waals surface area contributed by atoms with Crippen LogP contribution in [0.1, 0.15) is 47.7 Å². The summed E-state index contributed by atoms with van der Waals surface area (Å²) in [7, 11) is 1.53. The molecule has 10 heteroatoms. The van der Waals surface area contributed by atoms with Crippen molar-refractivity contribution in [2.24, 2.45) is 5.73 Å². The molecule has 0 saturated carbocycles. The average molecular weight is 449 g/mol. The molecule has 33 heavy (non-hydrogen) atoms. The molecule has 1 atom stereocenters. The van der Waals surface area contributed by atoms with Gasteiger partial charge in [-0.1, -0.05) is 6.07 Å². The van der Waals surface area contributed by atoms with Gasteiger partial charge in [0.1, 0.15) is 34.5 Å². The van der Waals surface area contributed by atoms with Crippen LogP contribution in [-0.2, 0) is 16.1 Å². The van der Waals surface area contributed by atoms with Gasteiger partial charge in [-0.25, -0.2) is 0 Å². The minimum atomic E-state index is -0.647. The molecule has 4 rings (SSSR count). The van der Waals surface area contributed by atoms with E-state index in [1.807, 2.05) is 6.07 Å². The van der Waals surface area contributed by atoms with Gasteiger partial charge in [0.05, 0.1) is 24.5 Å². The molecule has 1 aromatic heterocycles. The first-order valence-electron chi connectivity index (χ1n) is 10.5. The third kappa shape index (κ3) is 3.71. The molecule has 0 fully saturated rings. The maximum absolute atomic E-state index is 12.8. The lowest BCUT2D eigenvalue weighted by molar-refractivity contribution is -0.386. The predicted molar refractivity (Wildman–Crippen MR) is 117 cm³/mol. The number of hydrogen-bond donors (Lipinski definition) is 1. The van der Waals surface area contributed by atoms with Crippen molar-refractivity contribution in [2.75, 3.05) is 7.11 Å². The van der Waals surface area contributed by atoms with E-state index < -0.39 is 10.8 Å². The van der Waals surface area contributed by atoms with Gasteiger partial charge in [-0.05, 0) is 38.0 Å². The number of ether oxygens (including phenoxy) is 2. The highest BCUT2D eigenvalue weighted by molar-refractivity contribution is 5.99. The number of methoxy groups -OCH3 is 1. The number of carbonyl (C=O) groups excluding carboxylic acids is 1. The van der Waals surface area contributed by atoms with Crippen LogP contribution < -0.4 is 10.5 Å². The highest BCUT2D eigenvalue weighted by atomic mass is 16.6. The fraction of sp³-hybridized carbons (Fsp3) is 0.348. The number of benzene rings is 1. The zero-order valence-electron chi connectivity index (χ0n) is 18.5. The number of carbonyl (C=O) groups is 1. The van der Waals surface area contributed by atoms with Crippen molar-refractivity contribution in [1.29, 1.82) is 5.26 Å². The first-order valence-corrected chi connectivity index (χ1v) is 10.5. The van der Waals surface area contributed by atoms with E-state index in [2.05, 4.69) is 11.2 Å². The Labute approximate surface area is 190 Å². The number of Topliss-reactive ketones (excluding diaryl/α,β-unsaturated/α-hetero) is 1. The second kappa shape index (κ2) is 8.43. The van der Waals surface area contributed by atoms with E-state index in [4.69, 9.17) is 15.2 Å².